The summed E-state index contributed by atoms with van der Waals surface area (Å²) in [6.45, 7) is 4.34. The highest BCUT2D eigenvalue weighted by molar-refractivity contribution is 6.30. The van der Waals surface area contributed by atoms with E-state index in [-0.39, 0.29) is 23.8 Å². The molecular weight excluding hydrogens is 414 g/mol. The molecule has 2 aromatic rings. The van der Waals surface area contributed by atoms with Crippen LogP contribution >= 0.6 is 11.6 Å². The van der Waals surface area contributed by atoms with Crippen LogP contribution in [-0.4, -0.2) is 50.5 Å². The molecule has 0 aliphatic rings. The standard InChI is InChI=1S/C24H32ClN3O3/c1-6-16(2)22(27-23(29)17-11-13-18(25)14-12-17)24(30)26-15-20(28(3)4)19-9-7-8-10-21(19)31-5/h7-14,16,20,22H,6,15H2,1-5H3,(H,26,30)(H,27,29). The molecule has 0 bridgehead atoms. The summed E-state index contributed by atoms with van der Waals surface area (Å²) < 4.78 is 5.49. The number of halogens is 1. The number of ether oxygens (including phenoxy) is 1. The number of carbonyl (C=O) groups excluding carboxylic acids is 2. The molecule has 168 valence electrons. The third-order valence-corrected chi connectivity index (χ3v) is 5.73. The highest BCUT2D eigenvalue weighted by atomic mass is 35.5. The van der Waals surface area contributed by atoms with Crippen molar-refractivity contribution in [3.05, 3.63) is 64.7 Å². The van der Waals surface area contributed by atoms with Crippen LogP contribution in [-0.2, 0) is 4.79 Å². The lowest BCUT2D eigenvalue weighted by atomic mass is 9.97. The maximum Gasteiger partial charge on any atom is 0.251 e. The summed E-state index contributed by atoms with van der Waals surface area (Å²) in [5.41, 5.74) is 1.45. The average Bonchev–Trinajstić information content (AvgIpc) is 2.77. The minimum atomic E-state index is -0.645. The minimum absolute atomic E-state index is 0.0275. The zero-order valence-corrected chi connectivity index (χ0v) is 19.6. The SMILES string of the molecule is CCC(C)C(NC(=O)c1ccc(Cl)cc1)C(=O)NCC(c1ccccc1OC)N(C)C. The Labute approximate surface area is 189 Å². The van der Waals surface area contributed by atoms with E-state index in [1.54, 1.807) is 31.4 Å². The number of nitrogens with zero attached hydrogens (tertiary/aromatic N) is 1. The van der Waals surface area contributed by atoms with Gasteiger partial charge < -0.3 is 20.3 Å². The lowest BCUT2D eigenvalue weighted by Gasteiger charge is -2.29. The average molecular weight is 446 g/mol. The first-order valence-corrected chi connectivity index (χ1v) is 10.8. The number of hydrogen-bond donors (Lipinski definition) is 2. The van der Waals surface area contributed by atoms with Crippen molar-refractivity contribution >= 4 is 23.4 Å². The number of carbonyl (C=O) groups is 2. The second-order valence-electron chi connectivity index (χ2n) is 7.81. The van der Waals surface area contributed by atoms with E-state index in [0.717, 1.165) is 17.7 Å². The van der Waals surface area contributed by atoms with Crippen molar-refractivity contribution in [2.75, 3.05) is 27.7 Å². The van der Waals surface area contributed by atoms with Crippen LogP contribution in [0.5, 0.6) is 5.75 Å². The molecule has 0 aliphatic carbocycles. The van der Waals surface area contributed by atoms with E-state index in [0.29, 0.717) is 17.1 Å². The third kappa shape index (κ3) is 6.71. The van der Waals surface area contributed by atoms with Crippen molar-refractivity contribution in [3.63, 3.8) is 0 Å². The van der Waals surface area contributed by atoms with Gasteiger partial charge in [-0.25, -0.2) is 0 Å². The topological polar surface area (TPSA) is 70.7 Å². The van der Waals surface area contributed by atoms with Crippen molar-refractivity contribution in [2.45, 2.75) is 32.4 Å². The molecule has 0 aliphatic heterocycles. The number of nitrogens with one attached hydrogen (secondary N) is 2. The number of para-hydroxylation sites is 1. The van der Waals surface area contributed by atoms with E-state index in [1.807, 2.05) is 57.1 Å². The molecule has 2 amide bonds. The summed E-state index contributed by atoms with van der Waals surface area (Å²) >= 11 is 5.91. The summed E-state index contributed by atoms with van der Waals surface area (Å²) in [5, 5.41) is 6.46. The normalized spacial score (nSPS) is 13.9. The van der Waals surface area contributed by atoms with E-state index in [2.05, 4.69) is 10.6 Å². The molecule has 0 radical (unpaired) electrons. The zero-order valence-electron chi connectivity index (χ0n) is 18.8. The second kappa shape index (κ2) is 11.7. The van der Waals surface area contributed by atoms with Crippen LogP contribution in [0.25, 0.3) is 0 Å². The van der Waals surface area contributed by atoms with Crippen molar-refractivity contribution in [2.24, 2.45) is 5.92 Å². The van der Waals surface area contributed by atoms with Crippen LogP contribution in [0.15, 0.2) is 48.5 Å². The van der Waals surface area contributed by atoms with Gasteiger partial charge in [0.25, 0.3) is 5.91 Å². The maximum atomic E-state index is 13.1. The number of amides is 2. The minimum Gasteiger partial charge on any atom is -0.496 e. The van der Waals surface area contributed by atoms with Gasteiger partial charge in [0.2, 0.25) is 5.91 Å². The van der Waals surface area contributed by atoms with Gasteiger partial charge in [-0.15, -0.1) is 0 Å². The lowest BCUT2D eigenvalue weighted by Crippen LogP contribution is -2.51. The van der Waals surface area contributed by atoms with Crippen LogP contribution in [0.1, 0.15) is 42.2 Å². The second-order valence-corrected chi connectivity index (χ2v) is 8.25. The molecule has 6 nitrogen and oxygen atoms in total. The van der Waals surface area contributed by atoms with Crippen LogP contribution in [0.4, 0.5) is 0 Å². The smallest absolute Gasteiger partial charge is 0.251 e. The van der Waals surface area contributed by atoms with Crippen molar-refractivity contribution in [1.29, 1.82) is 0 Å². The van der Waals surface area contributed by atoms with Crippen LogP contribution in [0.2, 0.25) is 5.02 Å². The largest absolute Gasteiger partial charge is 0.496 e. The first-order chi connectivity index (χ1) is 14.8. The number of methoxy groups -OCH3 is 1. The van der Waals surface area contributed by atoms with Gasteiger partial charge in [-0.1, -0.05) is 50.1 Å². The summed E-state index contributed by atoms with van der Waals surface area (Å²) in [4.78, 5) is 27.8. The van der Waals surface area contributed by atoms with Crippen molar-refractivity contribution in [3.8, 4) is 5.75 Å². The van der Waals surface area contributed by atoms with Crippen molar-refractivity contribution in [1.82, 2.24) is 15.5 Å². The Morgan fingerprint density at radius 3 is 2.32 bits per heavy atom. The highest BCUT2D eigenvalue weighted by Crippen LogP contribution is 2.27. The number of hydrogen-bond acceptors (Lipinski definition) is 4. The Hall–Kier alpha value is -2.57. The molecule has 7 heteroatoms. The van der Waals surface area contributed by atoms with E-state index < -0.39 is 6.04 Å². The van der Waals surface area contributed by atoms with Gasteiger partial charge in [0.05, 0.1) is 13.2 Å². The number of likely N-dealkylation sites (N-methyl/N-ethyl adjacent to an activating group) is 1. The molecule has 0 spiro atoms. The fourth-order valence-corrected chi connectivity index (χ4v) is 3.47. The Morgan fingerprint density at radius 2 is 1.74 bits per heavy atom. The van der Waals surface area contributed by atoms with Crippen LogP contribution in [0, 0.1) is 5.92 Å². The fraction of sp³-hybridized carbons (Fsp3) is 0.417. The van der Waals surface area contributed by atoms with Gasteiger partial charge in [0.1, 0.15) is 11.8 Å². The Kier molecular flexibility index (Phi) is 9.34. The van der Waals surface area contributed by atoms with Crippen LogP contribution < -0.4 is 15.4 Å². The van der Waals surface area contributed by atoms with E-state index in [4.69, 9.17) is 16.3 Å². The first kappa shape index (κ1) is 24.7. The van der Waals surface area contributed by atoms with Gasteiger partial charge in [0.15, 0.2) is 0 Å². The van der Waals surface area contributed by atoms with E-state index >= 15 is 0 Å². The third-order valence-electron chi connectivity index (χ3n) is 5.48. The maximum absolute atomic E-state index is 13.1. The number of rotatable bonds is 10. The molecule has 0 saturated carbocycles. The molecule has 2 aromatic carbocycles. The quantitative estimate of drug-likeness (QED) is 0.581. The summed E-state index contributed by atoms with van der Waals surface area (Å²) in [5.74, 6) is 0.231. The molecule has 31 heavy (non-hydrogen) atoms. The summed E-state index contributed by atoms with van der Waals surface area (Å²) in [6.07, 6.45) is 0.753. The van der Waals surface area contributed by atoms with Gasteiger partial charge in [0, 0.05) is 22.7 Å². The highest BCUT2D eigenvalue weighted by Gasteiger charge is 2.28. The first-order valence-electron chi connectivity index (χ1n) is 10.4. The van der Waals surface area contributed by atoms with Gasteiger partial charge in [-0.2, -0.15) is 0 Å². The molecule has 0 saturated heterocycles. The number of benzene rings is 2. The van der Waals surface area contributed by atoms with Gasteiger partial charge >= 0.3 is 0 Å². The molecule has 0 aromatic heterocycles. The van der Waals surface area contributed by atoms with Gasteiger partial charge in [-0.05, 0) is 50.3 Å². The molecule has 3 unspecified atom stereocenters. The molecule has 2 N–H and O–H groups in total. The molecule has 0 fully saturated rings. The monoisotopic (exact) mass is 445 g/mol. The van der Waals surface area contributed by atoms with E-state index in [1.165, 1.54) is 0 Å². The Morgan fingerprint density at radius 1 is 1.10 bits per heavy atom. The molecule has 0 heterocycles. The Balaban J connectivity index is 2.13. The molecular formula is C24H32ClN3O3. The summed E-state index contributed by atoms with van der Waals surface area (Å²) in [6, 6.07) is 13.6. The zero-order chi connectivity index (χ0) is 23.0. The molecule has 3 atom stereocenters. The van der Waals surface area contributed by atoms with Crippen molar-refractivity contribution < 1.29 is 14.3 Å². The van der Waals surface area contributed by atoms with Crippen LogP contribution in [0.3, 0.4) is 0 Å². The fourth-order valence-electron chi connectivity index (χ4n) is 3.35. The molecule has 2 rings (SSSR count). The lowest BCUT2D eigenvalue weighted by molar-refractivity contribution is -0.124. The predicted molar refractivity (Wildman–Crippen MR) is 125 cm³/mol. The van der Waals surface area contributed by atoms with E-state index in [9.17, 15) is 9.59 Å². The predicted octanol–water partition coefficient (Wildman–Crippen LogP) is 3.91. The van der Waals surface area contributed by atoms with Gasteiger partial charge in [-0.3, -0.25) is 9.59 Å². The summed E-state index contributed by atoms with van der Waals surface area (Å²) in [7, 11) is 5.55. The Bertz CT molecular complexity index is 871.